The van der Waals surface area contributed by atoms with Gasteiger partial charge in [-0.1, -0.05) is 73.7 Å². The number of aromatic nitrogens is 5. The smallest absolute Gasteiger partial charge is 0.253 e. The maximum Gasteiger partial charge on any atom is 0.253 e. The SMILES string of the molecule is CCc1ccc2[nH]c(=O)c(C(c3nnnn3CC3CCCO3)N3CCN(C(c4ccccc4)c4ccccc4)CC3)cc2c1. The van der Waals surface area contributed by atoms with Gasteiger partial charge >= 0.3 is 0 Å². The van der Waals surface area contributed by atoms with Crippen molar-refractivity contribution in [2.75, 3.05) is 32.8 Å². The number of aromatic amines is 1. The van der Waals surface area contributed by atoms with Gasteiger partial charge in [0.15, 0.2) is 5.82 Å². The van der Waals surface area contributed by atoms with E-state index in [1.54, 1.807) is 0 Å². The van der Waals surface area contributed by atoms with E-state index in [-0.39, 0.29) is 23.7 Å². The number of benzene rings is 3. The van der Waals surface area contributed by atoms with E-state index in [9.17, 15) is 4.79 Å². The molecule has 3 aromatic carbocycles. The summed E-state index contributed by atoms with van der Waals surface area (Å²) in [5, 5.41) is 14.1. The predicted octanol–water partition coefficient (Wildman–Crippen LogP) is 4.75. The highest BCUT2D eigenvalue weighted by molar-refractivity contribution is 5.80. The molecule has 0 spiro atoms. The predicted molar refractivity (Wildman–Crippen MR) is 170 cm³/mol. The first-order valence-electron chi connectivity index (χ1n) is 15.8. The third kappa shape index (κ3) is 5.83. The van der Waals surface area contributed by atoms with Crippen LogP contribution >= 0.6 is 0 Å². The molecule has 2 atom stereocenters. The van der Waals surface area contributed by atoms with Gasteiger partial charge in [-0.15, -0.1) is 5.10 Å². The molecule has 2 fully saturated rings. The molecule has 0 amide bonds. The summed E-state index contributed by atoms with van der Waals surface area (Å²) in [5.74, 6) is 0.688. The zero-order valence-electron chi connectivity index (χ0n) is 25.2. The third-order valence-corrected chi connectivity index (χ3v) is 9.15. The zero-order valence-corrected chi connectivity index (χ0v) is 25.2. The molecule has 0 radical (unpaired) electrons. The van der Waals surface area contributed by atoms with E-state index >= 15 is 0 Å². The number of ether oxygens (including phenoxy) is 1. The second kappa shape index (κ2) is 12.8. The Labute approximate surface area is 257 Å². The van der Waals surface area contributed by atoms with E-state index in [1.165, 1.54) is 16.7 Å². The number of nitrogens with one attached hydrogen (secondary N) is 1. The van der Waals surface area contributed by atoms with E-state index < -0.39 is 0 Å². The standard InChI is InChI=1S/C35H39N7O2/c1-2-25-15-16-31-28(22-25)23-30(35(43)36-31)33(34-37-38-39-42(34)24-29-14-9-21-44-29)41-19-17-40(18-20-41)32(26-10-5-3-6-11-26)27-12-7-4-8-13-27/h3-8,10-13,15-16,22-23,29,32-33H,2,9,14,17-21,24H2,1H3,(H,36,43). The Balaban J connectivity index is 1.24. The van der Waals surface area contributed by atoms with Crippen LogP contribution in [-0.4, -0.2) is 73.9 Å². The van der Waals surface area contributed by atoms with E-state index in [2.05, 4.69) is 110 Å². The molecule has 2 aromatic heterocycles. The van der Waals surface area contributed by atoms with Crippen molar-refractivity contribution < 1.29 is 4.74 Å². The Bertz CT molecular complexity index is 1700. The fourth-order valence-corrected chi connectivity index (χ4v) is 6.85. The Morgan fingerprint density at radius 2 is 1.57 bits per heavy atom. The molecule has 44 heavy (non-hydrogen) atoms. The average Bonchev–Trinajstić information content (AvgIpc) is 3.76. The van der Waals surface area contributed by atoms with E-state index in [0.29, 0.717) is 17.9 Å². The highest BCUT2D eigenvalue weighted by Crippen LogP contribution is 2.33. The Morgan fingerprint density at radius 3 is 2.20 bits per heavy atom. The second-order valence-corrected chi connectivity index (χ2v) is 11.9. The quantitative estimate of drug-likeness (QED) is 0.265. The minimum Gasteiger partial charge on any atom is -0.376 e. The van der Waals surface area contributed by atoms with Gasteiger partial charge in [0.1, 0.15) is 6.04 Å². The Morgan fingerprint density at radius 1 is 0.886 bits per heavy atom. The van der Waals surface area contributed by atoms with Gasteiger partial charge in [-0.3, -0.25) is 14.6 Å². The number of piperazine rings is 1. The van der Waals surface area contributed by atoms with Gasteiger partial charge < -0.3 is 9.72 Å². The van der Waals surface area contributed by atoms with Gasteiger partial charge in [0, 0.05) is 43.9 Å². The van der Waals surface area contributed by atoms with Gasteiger partial charge in [0.2, 0.25) is 0 Å². The number of hydrogen-bond acceptors (Lipinski definition) is 7. The number of fused-ring (bicyclic) bond motifs is 1. The number of pyridine rings is 1. The summed E-state index contributed by atoms with van der Waals surface area (Å²) in [6.07, 6.45) is 3.04. The van der Waals surface area contributed by atoms with Crippen LogP contribution in [0.1, 0.15) is 59.9 Å². The molecule has 4 heterocycles. The number of nitrogens with zero attached hydrogens (tertiary/aromatic N) is 6. The molecule has 5 aromatic rings. The molecule has 9 heteroatoms. The van der Waals surface area contributed by atoms with Gasteiger partial charge in [-0.05, 0) is 70.0 Å². The van der Waals surface area contributed by atoms with Crippen molar-refractivity contribution in [2.45, 2.75) is 50.9 Å². The van der Waals surface area contributed by atoms with Crippen LogP contribution in [0.2, 0.25) is 0 Å². The molecule has 9 nitrogen and oxygen atoms in total. The lowest BCUT2D eigenvalue weighted by Crippen LogP contribution is -2.50. The fraction of sp³-hybridized carbons (Fsp3) is 0.371. The minimum absolute atomic E-state index is 0.0780. The number of rotatable bonds is 9. The first-order valence-corrected chi connectivity index (χ1v) is 15.8. The molecule has 226 valence electrons. The molecule has 2 unspecified atom stereocenters. The molecule has 0 saturated carbocycles. The van der Waals surface area contributed by atoms with Crippen molar-refractivity contribution in [1.29, 1.82) is 0 Å². The summed E-state index contributed by atoms with van der Waals surface area (Å²) in [6, 6.07) is 29.5. The van der Waals surface area contributed by atoms with Gasteiger partial charge in [-0.2, -0.15) is 0 Å². The van der Waals surface area contributed by atoms with E-state index in [4.69, 9.17) is 4.74 Å². The highest BCUT2D eigenvalue weighted by Gasteiger charge is 2.35. The molecule has 2 saturated heterocycles. The summed E-state index contributed by atoms with van der Waals surface area (Å²) < 4.78 is 7.80. The molecular formula is C35H39N7O2. The maximum atomic E-state index is 13.8. The number of H-pyrrole nitrogens is 1. The van der Waals surface area contributed by atoms with Crippen LogP contribution in [0.15, 0.2) is 89.7 Å². The molecule has 7 rings (SSSR count). The van der Waals surface area contributed by atoms with Crippen molar-refractivity contribution in [3.63, 3.8) is 0 Å². The van der Waals surface area contributed by atoms with Crippen molar-refractivity contribution in [2.24, 2.45) is 0 Å². The Kier molecular flexibility index (Phi) is 8.33. The number of hydrogen-bond donors (Lipinski definition) is 1. The molecule has 0 aliphatic carbocycles. The molecule has 2 aliphatic heterocycles. The van der Waals surface area contributed by atoms with Crippen LogP contribution in [-0.2, 0) is 17.7 Å². The maximum absolute atomic E-state index is 13.8. The summed E-state index contributed by atoms with van der Waals surface area (Å²) in [6.45, 7) is 6.69. The first kappa shape index (κ1) is 28.6. The van der Waals surface area contributed by atoms with E-state index in [1.807, 2.05) is 16.8 Å². The first-order chi connectivity index (χ1) is 21.7. The number of tetrazole rings is 1. The van der Waals surface area contributed by atoms with Crippen molar-refractivity contribution in [3.05, 3.63) is 123 Å². The van der Waals surface area contributed by atoms with Gasteiger partial charge in [0.25, 0.3) is 5.56 Å². The third-order valence-electron chi connectivity index (χ3n) is 9.15. The Hall–Kier alpha value is -4.18. The lowest BCUT2D eigenvalue weighted by atomic mass is 9.96. The van der Waals surface area contributed by atoms with Gasteiger partial charge in [-0.25, -0.2) is 4.68 Å². The second-order valence-electron chi connectivity index (χ2n) is 11.9. The molecule has 1 N–H and O–H groups in total. The van der Waals surface area contributed by atoms with Gasteiger partial charge in [0.05, 0.1) is 18.7 Å². The van der Waals surface area contributed by atoms with Crippen LogP contribution in [0.3, 0.4) is 0 Å². The summed E-state index contributed by atoms with van der Waals surface area (Å²) >= 11 is 0. The normalized spacial score (nSPS) is 18.7. The largest absolute Gasteiger partial charge is 0.376 e. The highest BCUT2D eigenvalue weighted by atomic mass is 16.5. The van der Waals surface area contributed by atoms with Crippen LogP contribution in [0.25, 0.3) is 10.9 Å². The topological polar surface area (TPSA) is 92.2 Å². The van der Waals surface area contributed by atoms with Crippen LogP contribution in [0.5, 0.6) is 0 Å². The van der Waals surface area contributed by atoms with Crippen LogP contribution in [0.4, 0.5) is 0 Å². The molecular weight excluding hydrogens is 550 g/mol. The summed E-state index contributed by atoms with van der Waals surface area (Å²) in [4.78, 5) is 21.9. The fourth-order valence-electron chi connectivity index (χ4n) is 6.85. The summed E-state index contributed by atoms with van der Waals surface area (Å²) in [7, 11) is 0. The number of aryl methyl sites for hydroxylation is 1. The molecule has 0 bridgehead atoms. The minimum atomic E-state index is -0.390. The van der Waals surface area contributed by atoms with Crippen molar-refractivity contribution >= 4 is 10.9 Å². The zero-order chi connectivity index (χ0) is 29.9. The average molecular weight is 590 g/mol. The van der Waals surface area contributed by atoms with E-state index in [0.717, 1.165) is 63.0 Å². The molecule has 2 aliphatic rings. The van der Waals surface area contributed by atoms with Crippen molar-refractivity contribution in [1.82, 2.24) is 35.0 Å². The lowest BCUT2D eigenvalue weighted by Gasteiger charge is -2.42. The monoisotopic (exact) mass is 589 g/mol. The van der Waals surface area contributed by atoms with Crippen LogP contribution in [0, 0.1) is 0 Å². The van der Waals surface area contributed by atoms with Crippen LogP contribution < -0.4 is 5.56 Å². The van der Waals surface area contributed by atoms with Crippen molar-refractivity contribution in [3.8, 4) is 0 Å². The lowest BCUT2D eigenvalue weighted by molar-refractivity contribution is 0.0778. The summed E-state index contributed by atoms with van der Waals surface area (Å²) in [5.41, 5.74) is 5.20.